The fraction of sp³-hybridized carbons (Fsp3) is 0.500. The molecule has 1 saturated carbocycles. The highest BCUT2D eigenvalue weighted by molar-refractivity contribution is 6.30. The monoisotopic (exact) mass is 309 g/mol. The quantitative estimate of drug-likeness (QED) is 0.728. The number of carbonyl (C=O) groups excluding carboxylic acids is 2. The average molecular weight is 310 g/mol. The minimum atomic E-state index is -0.248. The van der Waals surface area contributed by atoms with Gasteiger partial charge >= 0.3 is 5.97 Å². The second kappa shape index (κ2) is 7.46. The van der Waals surface area contributed by atoms with E-state index in [2.05, 4.69) is 0 Å². The number of ether oxygens (including phenoxy) is 1. The molecule has 0 saturated heterocycles. The van der Waals surface area contributed by atoms with Crippen molar-refractivity contribution in [3.8, 4) is 0 Å². The van der Waals surface area contributed by atoms with Crippen LogP contribution in [0.2, 0.25) is 5.02 Å². The highest BCUT2D eigenvalue weighted by atomic mass is 35.5. The van der Waals surface area contributed by atoms with Crippen LogP contribution in [0.5, 0.6) is 0 Å². The maximum absolute atomic E-state index is 12.4. The second-order valence-electron chi connectivity index (χ2n) is 5.18. The Balaban J connectivity index is 1.90. The highest BCUT2D eigenvalue weighted by Gasteiger charge is 2.32. The first-order valence-electron chi connectivity index (χ1n) is 7.29. The summed E-state index contributed by atoms with van der Waals surface area (Å²) < 4.78 is 4.91. The molecule has 1 aliphatic carbocycles. The molecule has 1 amide bonds. The summed E-state index contributed by atoms with van der Waals surface area (Å²) in [6.45, 7) is 2.60. The summed E-state index contributed by atoms with van der Waals surface area (Å²) in [7, 11) is 0. The van der Waals surface area contributed by atoms with Gasteiger partial charge in [-0.25, -0.2) is 0 Å². The van der Waals surface area contributed by atoms with Crippen LogP contribution in [0.25, 0.3) is 0 Å². The molecule has 0 aliphatic heterocycles. The Bertz CT molecular complexity index is 497. The van der Waals surface area contributed by atoms with Crippen LogP contribution in [-0.4, -0.2) is 36.0 Å². The lowest BCUT2D eigenvalue weighted by atomic mass is 10.1. The van der Waals surface area contributed by atoms with E-state index in [-0.39, 0.29) is 18.3 Å². The Labute approximate surface area is 130 Å². The Morgan fingerprint density at radius 2 is 1.95 bits per heavy atom. The zero-order chi connectivity index (χ0) is 15.2. The number of esters is 1. The second-order valence-corrected chi connectivity index (χ2v) is 5.61. The molecule has 0 unspecified atom stereocenters. The molecule has 0 N–H and O–H groups in total. The Hall–Kier alpha value is -1.55. The summed E-state index contributed by atoms with van der Waals surface area (Å²) in [5, 5.41) is 0.660. The Kier molecular flexibility index (Phi) is 5.62. The summed E-state index contributed by atoms with van der Waals surface area (Å²) in [4.78, 5) is 25.6. The fourth-order valence-corrected chi connectivity index (χ4v) is 2.35. The van der Waals surface area contributed by atoms with Gasteiger partial charge in [-0.15, -0.1) is 0 Å². The van der Waals surface area contributed by atoms with Gasteiger partial charge in [-0.05, 0) is 37.5 Å². The lowest BCUT2D eigenvalue weighted by Crippen LogP contribution is -2.36. The maximum atomic E-state index is 12.4. The lowest BCUT2D eigenvalue weighted by Gasteiger charge is -2.22. The molecule has 1 aromatic rings. The molecule has 0 radical (unpaired) electrons. The largest absolute Gasteiger partial charge is 0.466 e. The van der Waals surface area contributed by atoms with E-state index in [1.54, 1.807) is 19.1 Å². The first-order valence-corrected chi connectivity index (χ1v) is 7.67. The number of rotatable bonds is 7. The van der Waals surface area contributed by atoms with Crippen molar-refractivity contribution in [2.24, 2.45) is 0 Å². The maximum Gasteiger partial charge on any atom is 0.307 e. The van der Waals surface area contributed by atoms with Crippen LogP contribution in [-0.2, 0) is 20.7 Å². The van der Waals surface area contributed by atoms with Crippen LogP contribution in [0.1, 0.15) is 31.7 Å². The molecule has 1 aliphatic rings. The number of halogens is 1. The molecule has 21 heavy (non-hydrogen) atoms. The summed E-state index contributed by atoms with van der Waals surface area (Å²) >= 11 is 5.84. The van der Waals surface area contributed by atoms with Gasteiger partial charge in [0, 0.05) is 17.6 Å². The summed E-state index contributed by atoms with van der Waals surface area (Å²) in [6.07, 6.45) is 2.65. The van der Waals surface area contributed by atoms with Crippen LogP contribution >= 0.6 is 11.6 Å². The molecule has 2 rings (SSSR count). The smallest absolute Gasteiger partial charge is 0.307 e. The third-order valence-electron chi connectivity index (χ3n) is 3.44. The first-order chi connectivity index (χ1) is 10.1. The lowest BCUT2D eigenvalue weighted by molar-refractivity contribution is -0.144. The predicted octanol–water partition coefficient (Wildman–Crippen LogP) is 2.83. The molecular weight excluding hydrogens is 290 g/mol. The van der Waals surface area contributed by atoms with E-state index in [9.17, 15) is 9.59 Å². The zero-order valence-corrected chi connectivity index (χ0v) is 12.9. The number of nitrogens with zero attached hydrogens (tertiary/aromatic N) is 1. The topological polar surface area (TPSA) is 46.6 Å². The molecule has 5 heteroatoms. The van der Waals surface area contributed by atoms with Crippen molar-refractivity contribution in [2.45, 2.75) is 38.6 Å². The third kappa shape index (κ3) is 5.05. The average Bonchev–Trinajstić information content (AvgIpc) is 3.26. The van der Waals surface area contributed by atoms with Gasteiger partial charge < -0.3 is 9.64 Å². The van der Waals surface area contributed by atoms with Gasteiger partial charge in [0.05, 0.1) is 19.4 Å². The van der Waals surface area contributed by atoms with Gasteiger partial charge in [-0.2, -0.15) is 0 Å². The van der Waals surface area contributed by atoms with Crippen molar-refractivity contribution in [1.82, 2.24) is 4.90 Å². The predicted molar refractivity (Wildman–Crippen MR) is 81.1 cm³/mol. The fourth-order valence-electron chi connectivity index (χ4n) is 2.22. The van der Waals surface area contributed by atoms with Crippen LogP contribution in [0.15, 0.2) is 24.3 Å². The Morgan fingerprint density at radius 1 is 1.29 bits per heavy atom. The molecule has 0 aromatic heterocycles. The Morgan fingerprint density at radius 3 is 2.52 bits per heavy atom. The van der Waals surface area contributed by atoms with Crippen LogP contribution in [0.4, 0.5) is 0 Å². The molecule has 0 spiro atoms. The molecule has 0 heterocycles. The SMILES string of the molecule is CCOC(=O)CCN(C(=O)Cc1ccc(Cl)cc1)C1CC1. The zero-order valence-electron chi connectivity index (χ0n) is 12.2. The number of hydrogen-bond acceptors (Lipinski definition) is 3. The van der Waals surface area contributed by atoms with Gasteiger partial charge in [0.25, 0.3) is 0 Å². The van der Waals surface area contributed by atoms with E-state index >= 15 is 0 Å². The molecule has 1 fully saturated rings. The first kappa shape index (κ1) is 15.8. The summed E-state index contributed by atoms with van der Waals surface area (Å²) in [6, 6.07) is 7.57. The van der Waals surface area contributed by atoms with Gasteiger partial charge in [0.1, 0.15) is 0 Å². The van der Waals surface area contributed by atoms with Gasteiger partial charge in [-0.3, -0.25) is 9.59 Å². The van der Waals surface area contributed by atoms with Gasteiger partial charge in [0.2, 0.25) is 5.91 Å². The van der Waals surface area contributed by atoms with Crippen molar-refractivity contribution in [3.63, 3.8) is 0 Å². The molecule has 1 aromatic carbocycles. The van der Waals surface area contributed by atoms with Crippen molar-refractivity contribution >= 4 is 23.5 Å². The van der Waals surface area contributed by atoms with Crippen LogP contribution < -0.4 is 0 Å². The van der Waals surface area contributed by atoms with Crippen molar-refractivity contribution < 1.29 is 14.3 Å². The molecule has 0 atom stereocenters. The van der Waals surface area contributed by atoms with Crippen LogP contribution in [0.3, 0.4) is 0 Å². The molecule has 114 valence electrons. The van der Waals surface area contributed by atoms with E-state index in [0.717, 1.165) is 18.4 Å². The number of amides is 1. The van der Waals surface area contributed by atoms with Gasteiger partial charge in [-0.1, -0.05) is 23.7 Å². The third-order valence-corrected chi connectivity index (χ3v) is 3.69. The highest BCUT2D eigenvalue weighted by Crippen LogP contribution is 2.27. The van der Waals surface area contributed by atoms with Crippen molar-refractivity contribution in [3.05, 3.63) is 34.9 Å². The minimum Gasteiger partial charge on any atom is -0.466 e. The van der Waals surface area contributed by atoms with E-state index in [1.165, 1.54) is 0 Å². The summed E-state index contributed by atoms with van der Waals surface area (Å²) in [5.74, 6) is -0.188. The molecule has 0 bridgehead atoms. The van der Waals surface area contributed by atoms with E-state index in [4.69, 9.17) is 16.3 Å². The molecule has 4 nitrogen and oxygen atoms in total. The number of hydrogen-bond donors (Lipinski definition) is 0. The number of carbonyl (C=O) groups is 2. The normalized spacial score (nSPS) is 13.8. The van der Waals surface area contributed by atoms with Crippen LogP contribution in [0, 0.1) is 0 Å². The number of benzene rings is 1. The van der Waals surface area contributed by atoms with Gasteiger partial charge in [0.15, 0.2) is 0 Å². The standard InChI is InChI=1S/C16H20ClNO3/c1-2-21-16(20)9-10-18(14-7-8-14)15(19)11-12-3-5-13(17)6-4-12/h3-6,14H,2,7-11H2,1H3. The molecular formula is C16H20ClNO3. The van der Waals surface area contributed by atoms with E-state index in [0.29, 0.717) is 30.6 Å². The van der Waals surface area contributed by atoms with Crippen molar-refractivity contribution in [1.29, 1.82) is 0 Å². The minimum absolute atomic E-state index is 0.0594. The van der Waals surface area contributed by atoms with E-state index < -0.39 is 0 Å². The van der Waals surface area contributed by atoms with Crippen molar-refractivity contribution in [2.75, 3.05) is 13.2 Å². The van der Waals surface area contributed by atoms with E-state index in [1.807, 2.05) is 17.0 Å². The summed E-state index contributed by atoms with van der Waals surface area (Å²) in [5.41, 5.74) is 0.936.